The van der Waals surface area contributed by atoms with Crippen molar-refractivity contribution in [1.82, 2.24) is 9.80 Å². The predicted octanol–water partition coefficient (Wildman–Crippen LogP) is 3.57. The highest BCUT2D eigenvalue weighted by Gasteiger charge is 2.12. The van der Waals surface area contributed by atoms with E-state index >= 15 is 0 Å². The van der Waals surface area contributed by atoms with Gasteiger partial charge in [-0.2, -0.15) is 0 Å². The molecule has 5 heteroatoms. The van der Waals surface area contributed by atoms with Gasteiger partial charge in [0.25, 0.3) is 0 Å². The van der Waals surface area contributed by atoms with E-state index in [2.05, 4.69) is 22.0 Å². The molecule has 0 amide bonds. The molecule has 0 spiro atoms. The van der Waals surface area contributed by atoms with Gasteiger partial charge in [0.05, 0.1) is 0 Å². The summed E-state index contributed by atoms with van der Waals surface area (Å²) in [5.41, 5.74) is 1.84. The fourth-order valence-corrected chi connectivity index (χ4v) is 3.48. The van der Waals surface area contributed by atoms with E-state index in [-0.39, 0.29) is 0 Å². The Kier molecular flexibility index (Phi) is 6.04. The zero-order chi connectivity index (χ0) is 19.2. The first-order valence-corrected chi connectivity index (χ1v) is 9.95. The van der Waals surface area contributed by atoms with Crippen molar-refractivity contribution in [2.45, 2.75) is 6.42 Å². The molecule has 1 aromatic heterocycles. The van der Waals surface area contributed by atoms with Gasteiger partial charge in [0, 0.05) is 49.7 Å². The normalized spacial score (nSPS) is 16.5. The molecule has 5 nitrogen and oxygen atoms in total. The van der Waals surface area contributed by atoms with Crippen LogP contribution < -0.4 is 5.36 Å². The Hall–Kier alpha value is -2.63. The monoisotopic (exact) mass is 377 g/mol. The van der Waals surface area contributed by atoms with Gasteiger partial charge in [-0.25, -0.2) is 0 Å². The molecule has 0 aliphatic carbocycles. The van der Waals surface area contributed by atoms with Crippen LogP contribution in [0.1, 0.15) is 6.42 Å². The summed E-state index contributed by atoms with van der Waals surface area (Å²) in [7, 11) is 2.18. The molecule has 1 saturated heterocycles. The summed E-state index contributed by atoms with van der Waals surface area (Å²) < 4.78 is 6.08. The van der Waals surface area contributed by atoms with Crippen LogP contribution in [-0.4, -0.2) is 56.2 Å². The van der Waals surface area contributed by atoms with Gasteiger partial charge in [0.2, 0.25) is 0 Å². The lowest BCUT2D eigenvalue weighted by Gasteiger charge is -2.32. The van der Waals surface area contributed by atoms with Gasteiger partial charge in [0.1, 0.15) is 23.3 Å². The number of para-hydroxylation sites is 1. The van der Waals surface area contributed by atoms with Crippen molar-refractivity contribution in [1.29, 1.82) is 0 Å². The van der Waals surface area contributed by atoms with E-state index in [0.717, 1.165) is 66.8 Å². The lowest BCUT2D eigenvalue weighted by Crippen LogP contribution is -2.44. The number of piperazine rings is 1. The molecule has 0 bridgehead atoms. The Morgan fingerprint density at radius 2 is 1.71 bits per heavy atom. The van der Waals surface area contributed by atoms with Crippen LogP contribution in [-0.2, 0) is 4.84 Å². The van der Waals surface area contributed by atoms with Gasteiger partial charge in [0.15, 0.2) is 0 Å². The van der Waals surface area contributed by atoms with E-state index in [1.54, 1.807) is 0 Å². The summed E-state index contributed by atoms with van der Waals surface area (Å²) in [6, 6.07) is 20.0. The maximum Gasteiger partial charge on any atom is 0.136 e. The number of hydrogen-bond donors (Lipinski definition) is 0. The maximum atomic E-state index is 6.08. The summed E-state index contributed by atoms with van der Waals surface area (Å²) in [4.78, 5) is 10.5. The minimum absolute atomic E-state index is 0.618. The largest absolute Gasteiger partial charge is 0.456 e. The smallest absolute Gasteiger partial charge is 0.136 e. The first-order valence-electron chi connectivity index (χ1n) is 9.95. The van der Waals surface area contributed by atoms with Gasteiger partial charge in [-0.05, 0) is 25.6 Å². The van der Waals surface area contributed by atoms with Crippen molar-refractivity contribution < 1.29 is 9.25 Å². The van der Waals surface area contributed by atoms with Crippen LogP contribution in [0.25, 0.3) is 22.3 Å². The highest BCUT2D eigenvalue weighted by molar-refractivity contribution is 5.78. The molecule has 0 atom stereocenters. The Morgan fingerprint density at radius 1 is 0.964 bits per heavy atom. The van der Waals surface area contributed by atoms with E-state index in [0.29, 0.717) is 6.61 Å². The number of benzene rings is 2. The van der Waals surface area contributed by atoms with Crippen molar-refractivity contribution >= 4 is 11.0 Å². The molecule has 146 valence electrons. The van der Waals surface area contributed by atoms with Gasteiger partial charge < -0.3 is 19.1 Å². The molecule has 1 aliphatic heterocycles. The minimum atomic E-state index is 0.618. The molecule has 3 aromatic rings. The third-order valence-corrected chi connectivity index (χ3v) is 5.18. The van der Waals surface area contributed by atoms with E-state index in [4.69, 9.17) is 9.25 Å². The molecule has 0 saturated carbocycles. The fraction of sp³-hybridized carbons (Fsp3) is 0.348. The van der Waals surface area contributed by atoms with E-state index in [1.807, 2.05) is 60.7 Å². The van der Waals surface area contributed by atoms with Crippen molar-refractivity contribution in [2.24, 2.45) is 5.16 Å². The summed E-state index contributed by atoms with van der Waals surface area (Å²) in [6.45, 7) is 6.24. The van der Waals surface area contributed by atoms with Gasteiger partial charge in [-0.15, -0.1) is 0 Å². The van der Waals surface area contributed by atoms with E-state index in [9.17, 15) is 0 Å². The molecule has 0 unspecified atom stereocenters. The van der Waals surface area contributed by atoms with Crippen molar-refractivity contribution in [3.05, 3.63) is 66.0 Å². The summed E-state index contributed by atoms with van der Waals surface area (Å²) >= 11 is 0. The van der Waals surface area contributed by atoms with Crippen LogP contribution in [0.3, 0.4) is 0 Å². The lowest BCUT2D eigenvalue weighted by molar-refractivity contribution is 0.105. The Morgan fingerprint density at radius 3 is 2.54 bits per heavy atom. The van der Waals surface area contributed by atoms with Crippen LogP contribution in [0.5, 0.6) is 0 Å². The maximum absolute atomic E-state index is 6.08. The van der Waals surface area contributed by atoms with Crippen LogP contribution in [0.2, 0.25) is 0 Å². The SMILES string of the molecule is CN1CCN(CCCO/N=c2\cc(-c3ccccc3)oc3ccccc23)CC1. The molecule has 2 heterocycles. The van der Waals surface area contributed by atoms with Crippen LogP contribution in [0, 0.1) is 0 Å². The molecule has 4 rings (SSSR count). The molecular weight excluding hydrogens is 350 g/mol. The standard InChI is InChI=1S/C23H27N3O2/c1-25-13-15-26(16-14-25)12-7-17-27-24-21-18-23(19-8-3-2-4-9-19)28-22-11-6-5-10-20(21)22/h2-6,8-11,18H,7,12-17H2,1H3/b24-21+. The molecule has 0 N–H and O–H groups in total. The third kappa shape index (κ3) is 4.61. The second-order valence-electron chi connectivity index (χ2n) is 7.28. The molecule has 2 aromatic carbocycles. The average Bonchev–Trinajstić information content (AvgIpc) is 2.75. The number of hydrogen-bond acceptors (Lipinski definition) is 5. The molecule has 28 heavy (non-hydrogen) atoms. The molecule has 1 aliphatic rings. The van der Waals surface area contributed by atoms with E-state index < -0.39 is 0 Å². The molecule has 1 fully saturated rings. The van der Waals surface area contributed by atoms with Crippen LogP contribution in [0.4, 0.5) is 0 Å². The zero-order valence-electron chi connectivity index (χ0n) is 16.4. The Labute approximate surface area is 165 Å². The summed E-state index contributed by atoms with van der Waals surface area (Å²) in [5.74, 6) is 0.791. The van der Waals surface area contributed by atoms with Gasteiger partial charge in [-0.3, -0.25) is 0 Å². The second-order valence-corrected chi connectivity index (χ2v) is 7.28. The Balaban J connectivity index is 1.46. The van der Waals surface area contributed by atoms with Crippen molar-refractivity contribution in [3.8, 4) is 11.3 Å². The fourth-order valence-electron chi connectivity index (χ4n) is 3.48. The van der Waals surface area contributed by atoms with Crippen molar-refractivity contribution in [2.75, 3.05) is 46.4 Å². The Bertz CT molecular complexity index is 960. The summed E-state index contributed by atoms with van der Waals surface area (Å²) in [5, 5.41) is 6.19. The highest BCUT2D eigenvalue weighted by atomic mass is 16.6. The quantitative estimate of drug-likeness (QED) is 0.486. The average molecular weight is 377 g/mol. The zero-order valence-corrected chi connectivity index (χ0v) is 16.4. The van der Waals surface area contributed by atoms with E-state index in [1.165, 1.54) is 0 Å². The minimum Gasteiger partial charge on any atom is -0.456 e. The first-order chi connectivity index (χ1) is 13.8. The highest BCUT2D eigenvalue weighted by Crippen LogP contribution is 2.21. The first kappa shape index (κ1) is 18.7. The van der Waals surface area contributed by atoms with Crippen LogP contribution >= 0.6 is 0 Å². The lowest BCUT2D eigenvalue weighted by atomic mass is 10.1. The van der Waals surface area contributed by atoms with Gasteiger partial charge >= 0.3 is 0 Å². The number of rotatable bonds is 6. The topological polar surface area (TPSA) is 41.2 Å². The number of likely N-dealkylation sites (N-methyl/N-ethyl adjacent to an activating group) is 1. The van der Waals surface area contributed by atoms with Crippen molar-refractivity contribution in [3.63, 3.8) is 0 Å². The van der Waals surface area contributed by atoms with Gasteiger partial charge in [-0.1, -0.05) is 47.6 Å². The summed E-state index contributed by atoms with van der Waals surface area (Å²) in [6.07, 6.45) is 0.980. The molecule has 0 radical (unpaired) electrons. The third-order valence-electron chi connectivity index (χ3n) is 5.18. The number of nitrogens with zero attached hydrogens (tertiary/aromatic N) is 3. The van der Waals surface area contributed by atoms with Crippen LogP contribution in [0.15, 0.2) is 70.2 Å². The second kappa shape index (κ2) is 9.04. The molecular formula is C23H27N3O2. The number of fused-ring (bicyclic) bond motifs is 1. The predicted molar refractivity (Wildman–Crippen MR) is 112 cm³/mol.